The highest BCUT2D eigenvalue weighted by atomic mass is 32.1. The van der Waals surface area contributed by atoms with Crippen LogP contribution in [0.15, 0.2) is 41.8 Å². The number of phenols is 1. The van der Waals surface area contributed by atoms with Crippen molar-refractivity contribution in [3.05, 3.63) is 46.7 Å². The molecule has 7 nitrogen and oxygen atoms in total. The monoisotopic (exact) mass is 416 g/mol. The molecule has 0 aliphatic carbocycles. The van der Waals surface area contributed by atoms with E-state index in [-0.39, 0.29) is 24.1 Å². The topological polar surface area (TPSA) is 76.1 Å². The second-order valence-corrected chi connectivity index (χ2v) is 8.08. The highest BCUT2D eigenvalue weighted by Crippen LogP contribution is 2.19. The summed E-state index contributed by atoms with van der Waals surface area (Å²) in [5.41, 5.74) is 1.08. The van der Waals surface area contributed by atoms with Crippen LogP contribution in [0.2, 0.25) is 0 Å². The van der Waals surface area contributed by atoms with Crippen molar-refractivity contribution in [2.75, 3.05) is 50.7 Å². The number of carbonyl (C=O) groups excluding carboxylic acids is 2. The second kappa shape index (κ2) is 10.3. The van der Waals surface area contributed by atoms with Gasteiger partial charge in [0.05, 0.1) is 19.6 Å². The molecule has 1 aliphatic rings. The van der Waals surface area contributed by atoms with Gasteiger partial charge in [-0.15, -0.1) is 11.3 Å². The van der Waals surface area contributed by atoms with Crippen LogP contribution in [0.1, 0.15) is 11.8 Å². The molecule has 1 saturated heterocycles. The number of phenolic OH excluding ortho intramolecular Hbond substituents is 1. The van der Waals surface area contributed by atoms with Crippen LogP contribution in [0.5, 0.6) is 5.75 Å². The standard InChI is InChI=1S/C21H28N4O3S/c1-2-24(15-20(27)22-14-19-4-3-13-29-19)21(28)16-23-9-11-25(12-10-23)17-5-7-18(26)8-6-17/h3-8,13,26H,2,9-12,14-16H2,1H3,(H,22,27). The quantitative estimate of drug-likeness (QED) is 0.686. The third-order valence-corrected chi connectivity index (χ3v) is 5.93. The van der Waals surface area contributed by atoms with Crippen LogP contribution in [-0.2, 0) is 16.1 Å². The minimum atomic E-state index is -0.134. The van der Waals surface area contributed by atoms with Gasteiger partial charge < -0.3 is 20.2 Å². The lowest BCUT2D eigenvalue weighted by molar-refractivity contribution is -0.136. The van der Waals surface area contributed by atoms with Gasteiger partial charge in [0, 0.05) is 43.3 Å². The molecule has 2 amide bonds. The van der Waals surface area contributed by atoms with E-state index < -0.39 is 0 Å². The maximum Gasteiger partial charge on any atom is 0.239 e. The van der Waals surface area contributed by atoms with Crippen molar-refractivity contribution in [1.29, 1.82) is 0 Å². The van der Waals surface area contributed by atoms with Crippen LogP contribution in [-0.4, -0.2) is 72.5 Å². The van der Waals surface area contributed by atoms with Gasteiger partial charge in [0.15, 0.2) is 0 Å². The number of thiophene rings is 1. The Labute approximate surface area is 175 Å². The van der Waals surface area contributed by atoms with Gasteiger partial charge in [-0.05, 0) is 42.6 Å². The van der Waals surface area contributed by atoms with E-state index in [1.807, 2.05) is 36.6 Å². The molecule has 1 aliphatic heterocycles. The van der Waals surface area contributed by atoms with Crippen molar-refractivity contribution < 1.29 is 14.7 Å². The highest BCUT2D eigenvalue weighted by molar-refractivity contribution is 7.09. The molecule has 2 aromatic rings. The first-order valence-electron chi connectivity index (χ1n) is 9.88. The molecule has 156 valence electrons. The number of nitrogens with one attached hydrogen (secondary N) is 1. The van der Waals surface area contributed by atoms with E-state index in [2.05, 4.69) is 15.1 Å². The smallest absolute Gasteiger partial charge is 0.239 e. The third-order valence-electron chi connectivity index (χ3n) is 5.05. The van der Waals surface area contributed by atoms with Crippen molar-refractivity contribution >= 4 is 28.8 Å². The Balaban J connectivity index is 1.42. The number of anilines is 1. The molecule has 1 aromatic heterocycles. The maximum absolute atomic E-state index is 12.7. The van der Waals surface area contributed by atoms with E-state index in [9.17, 15) is 14.7 Å². The van der Waals surface area contributed by atoms with Gasteiger partial charge in [0.25, 0.3) is 0 Å². The zero-order valence-electron chi connectivity index (χ0n) is 16.7. The average Bonchev–Trinajstić information content (AvgIpc) is 3.25. The maximum atomic E-state index is 12.7. The zero-order chi connectivity index (χ0) is 20.6. The number of piperazine rings is 1. The van der Waals surface area contributed by atoms with Crippen LogP contribution in [0.3, 0.4) is 0 Å². The number of carbonyl (C=O) groups is 2. The van der Waals surface area contributed by atoms with E-state index in [0.29, 0.717) is 19.6 Å². The van der Waals surface area contributed by atoms with E-state index >= 15 is 0 Å². The van der Waals surface area contributed by atoms with E-state index in [4.69, 9.17) is 0 Å². The van der Waals surface area contributed by atoms with Gasteiger partial charge in [0.2, 0.25) is 11.8 Å². The normalized spacial score (nSPS) is 14.6. The molecule has 0 radical (unpaired) electrons. The summed E-state index contributed by atoms with van der Waals surface area (Å²) in [6.45, 7) is 6.55. The summed E-state index contributed by atoms with van der Waals surface area (Å²) in [6.07, 6.45) is 0. The van der Waals surface area contributed by atoms with Gasteiger partial charge in [-0.25, -0.2) is 0 Å². The van der Waals surface area contributed by atoms with Crippen molar-refractivity contribution in [2.24, 2.45) is 0 Å². The summed E-state index contributed by atoms with van der Waals surface area (Å²) < 4.78 is 0. The molecule has 8 heteroatoms. The van der Waals surface area contributed by atoms with E-state index in [1.54, 1.807) is 28.4 Å². The lowest BCUT2D eigenvalue weighted by atomic mass is 10.2. The first-order valence-corrected chi connectivity index (χ1v) is 10.8. The number of aromatic hydroxyl groups is 1. The fourth-order valence-corrected chi connectivity index (χ4v) is 3.97. The molecular weight excluding hydrogens is 388 g/mol. The molecule has 0 bridgehead atoms. The summed E-state index contributed by atoms with van der Waals surface area (Å²) in [5.74, 6) is 0.111. The summed E-state index contributed by atoms with van der Waals surface area (Å²) in [4.78, 5) is 31.9. The molecule has 1 aromatic carbocycles. The SMILES string of the molecule is CCN(CC(=O)NCc1cccs1)C(=O)CN1CCN(c2ccc(O)cc2)CC1. The predicted octanol–water partition coefficient (Wildman–Crippen LogP) is 1.74. The number of likely N-dealkylation sites (N-methyl/N-ethyl adjacent to an activating group) is 1. The number of rotatable bonds is 8. The molecule has 0 spiro atoms. The van der Waals surface area contributed by atoms with Crippen molar-refractivity contribution in [1.82, 2.24) is 15.1 Å². The Kier molecular flexibility index (Phi) is 7.48. The summed E-state index contributed by atoms with van der Waals surface area (Å²) >= 11 is 1.60. The van der Waals surface area contributed by atoms with Gasteiger partial charge in [0.1, 0.15) is 5.75 Å². The second-order valence-electron chi connectivity index (χ2n) is 7.04. The predicted molar refractivity (Wildman–Crippen MR) is 115 cm³/mol. The molecule has 2 N–H and O–H groups in total. The van der Waals surface area contributed by atoms with Crippen LogP contribution in [0.25, 0.3) is 0 Å². The van der Waals surface area contributed by atoms with Crippen molar-refractivity contribution in [3.63, 3.8) is 0 Å². The Morgan fingerprint density at radius 3 is 2.48 bits per heavy atom. The molecule has 1 fully saturated rings. The molecule has 0 saturated carbocycles. The number of amides is 2. The summed E-state index contributed by atoms with van der Waals surface area (Å²) in [7, 11) is 0. The molecular formula is C21H28N4O3S. The fraction of sp³-hybridized carbons (Fsp3) is 0.429. The first-order chi connectivity index (χ1) is 14.0. The highest BCUT2D eigenvalue weighted by Gasteiger charge is 2.22. The molecule has 29 heavy (non-hydrogen) atoms. The van der Waals surface area contributed by atoms with Gasteiger partial charge in [-0.1, -0.05) is 6.07 Å². The Hall–Kier alpha value is -2.58. The van der Waals surface area contributed by atoms with Crippen LogP contribution >= 0.6 is 11.3 Å². The molecule has 0 atom stereocenters. The summed E-state index contributed by atoms with van der Waals surface area (Å²) in [5, 5.41) is 14.3. The Morgan fingerprint density at radius 1 is 1.14 bits per heavy atom. The molecule has 2 heterocycles. The van der Waals surface area contributed by atoms with E-state index in [0.717, 1.165) is 36.7 Å². The number of benzene rings is 1. The van der Waals surface area contributed by atoms with Gasteiger partial charge in [-0.2, -0.15) is 0 Å². The van der Waals surface area contributed by atoms with Gasteiger partial charge in [-0.3, -0.25) is 14.5 Å². The molecule has 3 rings (SSSR count). The zero-order valence-corrected chi connectivity index (χ0v) is 17.5. The lowest BCUT2D eigenvalue weighted by Crippen LogP contribution is -2.51. The lowest BCUT2D eigenvalue weighted by Gasteiger charge is -2.36. The number of nitrogens with zero attached hydrogens (tertiary/aromatic N) is 3. The van der Waals surface area contributed by atoms with Crippen LogP contribution in [0, 0.1) is 0 Å². The number of hydrogen-bond acceptors (Lipinski definition) is 6. The van der Waals surface area contributed by atoms with Crippen molar-refractivity contribution in [3.8, 4) is 5.75 Å². The minimum absolute atomic E-state index is 0.0168. The minimum Gasteiger partial charge on any atom is -0.508 e. The fourth-order valence-electron chi connectivity index (χ4n) is 3.32. The van der Waals surface area contributed by atoms with E-state index in [1.165, 1.54) is 0 Å². The van der Waals surface area contributed by atoms with Crippen molar-refractivity contribution in [2.45, 2.75) is 13.5 Å². The number of hydrogen-bond donors (Lipinski definition) is 2. The first kappa shape index (κ1) is 21.1. The Morgan fingerprint density at radius 2 is 1.86 bits per heavy atom. The van der Waals surface area contributed by atoms with Crippen LogP contribution in [0.4, 0.5) is 5.69 Å². The van der Waals surface area contributed by atoms with Crippen LogP contribution < -0.4 is 10.2 Å². The molecule has 0 unspecified atom stereocenters. The van der Waals surface area contributed by atoms with Gasteiger partial charge >= 0.3 is 0 Å². The largest absolute Gasteiger partial charge is 0.508 e. The summed E-state index contributed by atoms with van der Waals surface area (Å²) in [6, 6.07) is 11.1. The Bertz CT molecular complexity index is 787. The third kappa shape index (κ3) is 6.20. The average molecular weight is 417 g/mol.